The molecule has 0 amide bonds. The summed E-state index contributed by atoms with van der Waals surface area (Å²) < 4.78 is 19.6. The van der Waals surface area contributed by atoms with E-state index in [2.05, 4.69) is 23.5 Å². The predicted molar refractivity (Wildman–Crippen MR) is 120 cm³/mol. The first-order chi connectivity index (χ1) is 14.0. The molecule has 2 N–H and O–H groups in total. The van der Waals surface area contributed by atoms with Crippen LogP contribution >= 0.6 is 7.75 Å². The molecule has 5 nitrogen and oxygen atoms in total. The first-order valence-corrected chi connectivity index (χ1v) is 12.4. The highest BCUT2D eigenvalue weighted by Gasteiger charge is 2.34. The minimum atomic E-state index is -3.89. The van der Waals surface area contributed by atoms with Crippen LogP contribution in [-0.2, 0) is 9.09 Å². The van der Waals surface area contributed by atoms with Crippen molar-refractivity contribution in [2.24, 2.45) is 0 Å². The summed E-state index contributed by atoms with van der Waals surface area (Å²) in [6, 6.07) is 9.20. The van der Waals surface area contributed by atoms with Gasteiger partial charge >= 0.3 is 7.75 Å². The molecular weight excluding hydrogens is 383 g/mol. The fourth-order valence-electron chi connectivity index (χ4n) is 4.44. The fourth-order valence-corrected chi connectivity index (χ4v) is 5.36. The lowest BCUT2D eigenvalue weighted by atomic mass is 9.79. The average molecular weight is 419 g/mol. The van der Waals surface area contributed by atoms with Crippen molar-refractivity contribution < 1.29 is 14.0 Å². The van der Waals surface area contributed by atoms with Crippen LogP contribution in [0.4, 0.5) is 5.69 Å². The number of hydrogen-bond acceptors (Lipinski definition) is 3. The monoisotopic (exact) mass is 418 g/mol. The van der Waals surface area contributed by atoms with Gasteiger partial charge in [-0.05, 0) is 37.0 Å². The maximum atomic E-state index is 12.7. The number of benzene rings is 1. The average Bonchev–Trinajstić information content (AvgIpc) is 2.83. The third-order valence-electron chi connectivity index (χ3n) is 6.20. The van der Waals surface area contributed by atoms with Crippen LogP contribution in [0.2, 0.25) is 0 Å². The summed E-state index contributed by atoms with van der Waals surface area (Å²) in [4.78, 5) is 10.5. The van der Waals surface area contributed by atoms with E-state index in [4.69, 9.17) is 4.52 Å². The number of anilines is 1. The van der Waals surface area contributed by atoms with Crippen LogP contribution in [0.15, 0.2) is 54.1 Å². The van der Waals surface area contributed by atoms with Crippen molar-refractivity contribution in [2.75, 3.05) is 24.9 Å². The van der Waals surface area contributed by atoms with E-state index in [1.165, 1.54) is 48.8 Å². The summed E-state index contributed by atoms with van der Waals surface area (Å²) in [5.41, 5.74) is 1.96. The molecule has 1 spiro atoms. The molecule has 0 aromatic heterocycles. The van der Waals surface area contributed by atoms with E-state index >= 15 is 0 Å². The zero-order chi connectivity index (χ0) is 20.6. The maximum absolute atomic E-state index is 12.7. The largest absolute Gasteiger partial charge is 0.432 e. The van der Waals surface area contributed by atoms with Crippen LogP contribution in [0.3, 0.4) is 0 Å². The van der Waals surface area contributed by atoms with Gasteiger partial charge in [-0.15, -0.1) is 0 Å². The van der Waals surface area contributed by atoms with Crippen molar-refractivity contribution in [3.05, 3.63) is 54.1 Å². The van der Waals surface area contributed by atoms with Gasteiger partial charge in [0.25, 0.3) is 0 Å². The Hall–Kier alpha value is -1.39. The third kappa shape index (κ3) is 6.05. The third-order valence-corrected chi connectivity index (χ3v) is 7.71. The Balaban J connectivity index is 1.65. The molecule has 1 aliphatic carbocycles. The predicted octanol–water partition coefficient (Wildman–Crippen LogP) is 5.59. The second-order valence-electron chi connectivity index (χ2n) is 8.14. The molecule has 2 aliphatic rings. The molecule has 1 fully saturated rings. The van der Waals surface area contributed by atoms with Gasteiger partial charge in [0.05, 0.1) is 6.61 Å². The molecule has 0 saturated heterocycles. The van der Waals surface area contributed by atoms with Crippen molar-refractivity contribution in [1.29, 1.82) is 0 Å². The van der Waals surface area contributed by atoms with Crippen molar-refractivity contribution in [3.8, 4) is 0 Å². The number of nitrogens with zero attached hydrogens (tertiary/aromatic N) is 1. The topological polar surface area (TPSA) is 61.8 Å². The molecule has 1 atom stereocenters. The Morgan fingerprint density at radius 1 is 1.10 bits per heavy atom. The highest BCUT2D eigenvalue weighted by molar-refractivity contribution is 7.54. The van der Waals surface area contributed by atoms with Gasteiger partial charge < -0.3 is 10.2 Å². The van der Waals surface area contributed by atoms with Gasteiger partial charge in [0.1, 0.15) is 0 Å². The normalized spacial score (nSPS) is 21.9. The summed E-state index contributed by atoms with van der Waals surface area (Å²) in [6.07, 6.45) is 17.0. The van der Waals surface area contributed by atoms with Crippen molar-refractivity contribution >= 4 is 13.4 Å². The molecule has 1 saturated carbocycles. The molecule has 3 rings (SSSR count). The summed E-state index contributed by atoms with van der Waals surface area (Å²) in [6.45, 7) is 1.10. The van der Waals surface area contributed by atoms with Gasteiger partial charge in [-0.1, -0.05) is 75.0 Å². The van der Waals surface area contributed by atoms with E-state index in [1.54, 1.807) is 19.2 Å². The SMILES string of the molecule is CN(c1ccccc1)P(=O)(O)OCCC1=CC=CCNC12CCCCCCCC2. The first kappa shape index (κ1) is 22.3. The van der Waals surface area contributed by atoms with E-state index < -0.39 is 7.75 Å². The summed E-state index contributed by atoms with van der Waals surface area (Å²) in [5, 5.41) is 3.79. The Kier molecular flexibility index (Phi) is 8.14. The summed E-state index contributed by atoms with van der Waals surface area (Å²) in [5.74, 6) is 0. The molecule has 1 aliphatic heterocycles. The second-order valence-corrected chi connectivity index (χ2v) is 9.98. The minimum absolute atomic E-state index is 0.0119. The number of nitrogens with one attached hydrogen (secondary N) is 1. The van der Waals surface area contributed by atoms with E-state index in [0.29, 0.717) is 12.1 Å². The highest BCUT2D eigenvalue weighted by Crippen LogP contribution is 2.48. The lowest BCUT2D eigenvalue weighted by Crippen LogP contribution is -2.47. The van der Waals surface area contributed by atoms with Crippen LogP contribution in [0.25, 0.3) is 0 Å². The first-order valence-electron chi connectivity index (χ1n) is 10.9. The Bertz CT molecular complexity index is 738. The zero-order valence-corrected chi connectivity index (χ0v) is 18.4. The standard InChI is InChI=1S/C23H35N2O3P/c1-25(22-14-7-6-8-15-22)29(26,27)28-20-16-21-13-9-12-19-24-23(21)17-10-4-2-3-5-11-18-23/h6-9,12-15,24H,2-5,10-11,16-20H2,1H3,(H,26,27). The molecule has 6 heteroatoms. The van der Waals surface area contributed by atoms with Gasteiger partial charge in [-0.25, -0.2) is 4.57 Å². The number of rotatable bonds is 6. The van der Waals surface area contributed by atoms with Crippen molar-refractivity contribution in [3.63, 3.8) is 0 Å². The lowest BCUT2D eigenvalue weighted by molar-refractivity contribution is 0.248. The van der Waals surface area contributed by atoms with Gasteiger partial charge in [0, 0.05) is 24.8 Å². The Labute approximate surface area is 175 Å². The summed E-state index contributed by atoms with van der Waals surface area (Å²) >= 11 is 0. The van der Waals surface area contributed by atoms with Crippen LogP contribution < -0.4 is 9.99 Å². The summed E-state index contributed by atoms with van der Waals surface area (Å²) in [7, 11) is -2.29. The molecule has 29 heavy (non-hydrogen) atoms. The number of allylic oxidation sites excluding steroid dienone is 2. The molecule has 1 heterocycles. The molecular formula is C23H35N2O3P. The lowest BCUT2D eigenvalue weighted by Gasteiger charge is -2.37. The van der Waals surface area contributed by atoms with Gasteiger partial charge in [-0.3, -0.25) is 9.19 Å². The fraction of sp³-hybridized carbons (Fsp3) is 0.565. The molecule has 1 unspecified atom stereocenters. The number of para-hydroxylation sites is 1. The van der Waals surface area contributed by atoms with Gasteiger partial charge in [0.15, 0.2) is 0 Å². The molecule has 0 bridgehead atoms. The van der Waals surface area contributed by atoms with E-state index in [9.17, 15) is 9.46 Å². The van der Waals surface area contributed by atoms with E-state index in [1.807, 2.05) is 18.2 Å². The Morgan fingerprint density at radius 2 is 1.76 bits per heavy atom. The molecule has 0 radical (unpaired) electrons. The maximum Gasteiger partial charge on any atom is 0.432 e. The van der Waals surface area contributed by atoms with Crippen molar-refractivity contribution in [2.45, 2.75) is 63.3 Å². The molecule has 160 valence electrons. The molecule has 1 aromatic rings. The quantitative estimate of drug-likeness (QED) is 0.590. The van der Waals surface area contributed by atoms with Crippen LogP contribution in [0.5, 0.6) is 0 Å². The molecule has 1 aromatic carbocycles. The zero-order valence-electron chi connectivity index (χ0n) is 17.6. The van der Waals surface area contributed by atoms with Crippen LogP contribution in [0, 0.1) is 0 Å². The Morgan fingerprint density at radius 3 is 2.45 bits per heavy atom. The second kappa shape index (κ2) is 10.6. The smallest absolute Gasteiger partial charge is 0.308 e. The van der Waals surface area contributed by atoms with Gasteiger partial charge in [0.2, 0.25) is 0 Å². The number of hydrogen-bond donors (Lipinski definition) is 2. The van der Waals surface area contributed by atoms with Crippen molar-refractivity contribution in [1.82, 2.24) is 5.32 Å². The minimum Gasteiger partial charge on any atom is -0.308 e. The van der Waals surface area contributed by atoms with E-state index in [0.717, 1.165) is 19.4 Å². The highest BCUT2D eigenvalue weighted by atomic mass is 31.2. The van der Waals surface area contributed by atoms with Crippen LogP contribution in [0.1, 0.15) is 57.8 Å². The van der Waals surface area contributed by atoms with Gasteiger partial charge in [-0.2, -0.15) is 0 Å². The van der Waals surface area contributed by atoms with Crippen LogP contribution in [-0.4, -0.2) is 30.6 Å². The van der Waals surface area contributed by atoms with E-state index in [-0.39, 0.29) is 12.1 Å².